The Morgan fingerprint density at radius 3 is 2.32 bits per heavy atom. The van der Waals surface area contributed by atoms with Gasteiger partial charge in [0.05, 0.1) is 32.0 Å². The van der Waals surface area contributed by atoms with Gasteiger partial charge in [-0.1, -0.05) is 0 Å². The molecule has 2 aliphatic heterocycles. The summed E-state index contributed by atoms with van der Waals surface area (Å²) in [6.45, 7) is 5.55. The second-order valence-electron chi connectivity index (χ2n) is 7.01. The van der Waals surface area contributed by atoms with E-state index in [1.54, 1.807) is 35.1 Å². The van der Waals surface area contributed by atoms with Crippen molar-refractivity contribution < 1.29 is 23.5 Å². The van der Waals surface area contributed by atoms with Gasteiger partial charge in [-0.3, -0.25) is 14.6 Å². The molecule has 1 unspecified atom stereocenters. The Labute approximate surface area is 162 Å². The smallest absolute Gasteiger partial charge is 0.291 e. The van der Waals surface area contributed by atoms with E-state index < -0.39 is 5.79 Å². The lowest BCUT2D eigenvalue weighted by atomic mass is 10.1. The fourth-order valence-electron chi connectivity index (χ4n) is 3.56. The molecule has 2 aromatic heterocycles. The highest BCUT2D eigenvalue weighted by atomic mass is 16.7. The van der Waals surface area contributed by atoms with Crippen molar-refractivity contribution in [2.45, 2.75) is 19.6 Å². The average Bonchev–Trinajstić information content (AvgIpc) is 3.13. The molecule has 2 aliphatic rings. The van der Waals surface area contributed by atoms with Gasteiger partial charge in [-0.2, -0.15) is 0 Å². The van der Waals surface area contributed by atoms with Gasteiger partial charge in [0.1, 0.15) is 0 Å². The minimum Gasteiger partial charge on any atom is -0.438 e. The standard InChI is InChI=1S/C19H22N4O5/c1-13-9-15(3-4-20-13)17(24)22-5-7-27-19(10-22)11-23(6-8-28-19)18(25)16-14(2)21-12-26-16/h3-4,9,12H,5-8,10-11H2,1-2H3. The topological polar surface area (TPSA) is 98.0 Å². The Hall–Kier alpha value is -2.78. The van der Waals surface area contributed by atoms with Crippen molar-refractivity contribution in [2.75, 3.05) is 39.4 Å². The minimum absolute atomic E-state index is 0.105. The summed E-state index contributed by atoms with van der Waals surface area (Å²) in [5.41, 5.74) is 1.90. The Morgan fingerprint density at radius 1 is 1.04 bits per heavy atom. The summed E-state index contributed by atoms with van der Waals surface area (Å²) in [4.78, 5) is 37.1. The number of hydrogen-bond donors (Lipinski definition) is 0. The number of carbonyl (C=O) groups is 2. The summed E-state index contributed by atoms with van der Waals surface area (Å²) in [6, 6.07) is 3.45. The lowest BCUT2D eigenvalue weighted by Crippen LogP contribution is -2.63. The van der Waals surface area contributed by atoms with Gasteiger partial charge in [-0.25, -0.2) is 4.98 Å². The van der Waals surface area contributed by atoms with Crippen molar-refractivity contribution in [1.29, 1.82) is 0 Å². The molecular weight excluding hydrogens is 364 g/mol. The summed E-state index contributed by atoms with van der Waals surface area (Å²) in [6.07, 6.45) is 2.88. The number of amides is 2. The first kappa shape index (κ1) is 18.6. The number of morpholine rings is 2. The van der Waals surface area contributed by atoms with Gasteiger partial charge < -0.3 is 23.7 Å². The number of rotatable bonds is 2. The first-order valence-electron chi connectivity index (χ1n) is 9.17. The molecule has 2 saturated heterocycles. The molecule has 4 heterocycles. The van der Waals surface area contributed by atoms with Crippen LogP contribution in [0.25, 0.3) is 0 Å². The average molecular weight is 386 g/mol. The quantitative estimate of drug-likeness (QED) is 0.760. The molecule has 0 bridgehead atoms. The molecule has 2 amide bonds. The molecule has 0 aromatic carbocycles. The molecule has 9 nitrogen and oxygen atoms in total. The van der Waals surface area contributed by atoms with Gasteiger partial charge in [0.2, 0.25) is 11.5 Å². The number of oxazole rings is 1. The van der Waals surface area contributed by atoms with Crippen LogP contribution < -0.4 is 0 Å². The number of aryl methyl sites for hydroxylation is 2. The minimum atomic E-state index is -1.04. The molecule has 148 valence electrons. The summed E-state index contributed by atoms with van der Waals surface area (Å²) in [5.74, 6) is -1.19. The third-order valence-corrected chi connectivity index (χ3v) is 4.97. The van der Waals surface area contributed by atoms with Gasteiger partial charge in [-0.05, 0) is 26.0 Å². The van der Waals surface area contributed by atoms with Crippen molar-refractivity contribution in [1.82, 2.24) is 19.8 Å². The maximum atomic E-state index is 12.9. The maximum absolute atomic E-state index is 12.9. The lowest BCUT2D eigenvalue weighted by molar-refractivity contribution is -0.282. The molecule has 1 spiro atoms. The monoisotopic (exact) mass is 386 g/mol. The Bertz CT molecular complexity index is 894. The van der Waals surface area contributed by atoms with Gasteiger partial charge >= 0.3 is 0 Å². The number of pyridine rings is 1. The molecule has 2 fully saturated rings. The van der Waals surface area contributed by atoms with Crippen LogP contribution in [-0.4, -0.2) is 76.8 Å². The van der Waals surface area contributed by atoms with E-state index in [9.17, 15) is 9.59 Å². The van der Waals surface area contributed by atoms with Crippen LogP contribution in [-0.2, 0) is 9.47 Å². The molecule has 9 heteroatoms. The van der Waals surface area contributed by atoms with Crippen LogP contribution in [0.4, 0.5) is 0 Å². The predicted molar refractivity (Wildman–Crippen MR) is 96.7 cm³/mol. The van der Waals surface area contributed by atoms with Crippen molar-refractivity contribution in [3.63, 3.8) is 0 Å². The molecule has 2 aromatic rings. The third-order valence-electron chi connectivity index (χ3n) is 4.97. The largest absolute Gasteiger partial charge is 0.438 e. The highest BCUT2D eigenvalue weighted by Crippen LogP contribution is 2.27. The number of aromatic nitrogens is 2. The Balaban J connectivity index is 1.50. The van der Waals surface area contributed by atoms with Crippen LogP contribution in [0.5, 0.6) is 0 Å². The summed E-state index contributed by atoms with van der Waals surface area (Å²) in [7, 11) is 0. The fourth-order valence-corrected chi connectivity index (χ4v) is 3.56. The van der Waals surface area contributed by atoms with Crippen molar-refractivity contribution in [2.24, 2.45) is 0 Å². The van der Waals surface area contributed by atoms with E-state index in [0.717, 1.165) is 5.69 Å². The second-order valence-corrected chi connectivity index (χ2v) is 7.01. The van der Waals surface area contributed by atoms with Gasteiger partial charge in [-0.15, -0.1) is 0 Å². The molecule has 0 N–H and O–H groups in total. The number of ether oxygens (including phenoxy) is 2. The maximum Gasteiger partial charge on any atom is 0.291 e. The van der Waals surface area contributed by atoms with E-state index in [2.05, 4.69) is 9.97 Å². The van der Waals surface area contributed by atoms with E-state index in [4.69, 9.17) is 13.9 Å². The molecule has 4 rings (SSSR count). The van der Waals surface area contributed by atoms with Crippen LogP contribution in [0.3, 0.4) is 0 Å². The highest BCUT2D eigenvalue weighted by Gasteiger charge is 2.45. The first-order chi connectivity index (χ1) is 13.5. The van der Waals surface area contributed by atoms with Crippen LogP contribution in [0.1, 0.15) is 32.3 Å². The molecule has 28 heavy (non-hydrogen) atoms. The summed E-state index contributed by atoms with van der Waals surface area (Å²) >= 11 is 0. The molecule has 1 atom stereocenters. The van der Waals surface area contributed by atoms with E-state index in [0.29, 0.717) is 37.6 Å². The van der Waals surface area contributed by atoms with Crippen LogP contribution in [0.2, 0.25) is 0 Å². The van der Waals surface area contributed by atoms with E-state index in [1.807, 2.05) is 6.92 Å². The number of carbonyl (C=O) groups excluding carboxylic acids is 2. The van der Waals surface area contributed by atoms with Crippen molar-refractivity contribution in [3.05, 3.63) is 47.4 Å². The number of nitrogens with zero attached hydrogens (tertiary/aromatic N) is 4. The van der Waals surface area contributed by atoms with Crippen molar-refractivity contribution >= 4 is 11.8 Å². The molecule has 0 saturated carbocycles. The Kier molecular flexibility index (Phi) is 4.86. The van der Waals surface area contributed by atoms with Crippen molar-refractivity contribution in [3.8, 4) is 0 Å². The van der Waals surface area contributed by atoms with Crippen LogP contribution in [0.15, 0.2) is 29.1 Å². The highest BCUT2D eigenvalue weighted by molar-refractivity contribution is 5.94. The first-order valence-corrected chi connectivity index (χ1v) is 9.17. The third kappa shape index (κ3) is 3.50. The van der Waals surface area contributed by atoms with Crippen LogP contribution >= 0.6 is 0 Å². The number of hydrogen-bond acceptors (Lipinski definition) is 7. The lowest BCUT2D eigenvalue weighted by Gasteiger charge is -2.47. The normalized spacial score (nSPS) is 22.5. The zero-order valence-electron chi connectivity index (χ0n) is 15.9. The fraction of sp³-hybridized carbons (Fsp3) is 0.474. The second kappa shape index (κ2) is 7.33. The molecule has 0 radical (unpaired) electrons. The zero-order chi connectivity index (χ0) is 19.7. The SMILES string of the molecule is Cc1cc(C(=O)N2CCOC3(C2)CN(C(=O)c2ocnc2C)CCO3)ccn1. The van der Waals surface area contributed by atoms with Gasteiger partial charge in [0, 0.05) is 30.5 Å². The summed E-state index contributed by atoms with van der Waals surface area (Å²) in [5, 5.41) is 0. The van der Waals surface area contributed by atoms with E-state index in [1.165, 1.54) is 6.39 Å². The zero-order valence-corrected chi connectivity index (χ0v) is 15.9. The Morgan fingerprint density at radius 2 is 1.71 bits per heavy atom. The molecular formula is C19H22N4O5. The van der Waals surface area contributed by atoms with Gasteiger partial charge in [0.25, 0.3) is 11.8 Å². The summed E-state index contributed by atoms with van der Waals surface area (Å²) < 4.78 is 17.0. The van der Waals surface area contributed by atoms with E-state index >= 15 is 0 Å². The van der Waals surface area contributed by atoms with E-state index in [-0.39, 0.29) is 30.7 Å². The predicted octanol–water partition coefficient (Wildman–Crippen LogP) is 1.03. The van der Waals surface area contributed by atoms with Crippen LogP contribution in [0, 0.1) is 13.8 Å². The molecule has 0 aliphatic carbocycles. The van der Waals surface area contributed by atoms with Gasteiger partial charge in [0.15, 0.2) is 6.39 Å².